The summed E-state index contributed by atoms with van der Waals surface area (Å²) in [7, 11) is -0.196. The Hall–Kier alpha value is -3.17. The molecule has 0 aliphatic heterocycles. The van der Waals surface area contributed by atoms with Crippen LogP contribution in [0.1, 0.15) is 43.9 Å². The molecule has 0 spiro atoms. The summed E-state index contributed by atoms with van der Waals surface area (Å²) in [5.74, 6) is -0.319. The van der Waals surface area contributed by atoms with Gasteiger partial charge in [0.2, 0.25) is 27.7 Å². The minimum absolute atomic E-state index is 0.00338. The standard InChI is InChI=1S/C20H24ClFN8O5S/c1-11(14(33-2)15-23-8-12(21)9-24-15)36(31,32)29-19-28-27-18(20(22)6-5-7-20)30(19)13-16(34-3)25-10-26-17(13)35-4/h8-11,14H,5-7H2,1-4H3,(H,28,29). The average molecular weight is 543 g/mol. The Balaban J connectivity index is 1.79. The summed E-state index contributed by atoms with van der Waals surface area (Å²) < 4.78 is 62.1. The highest BCUT2D eigenvalue weighted by molar-refractivity contribution is 7.93. The molecule has 194 valence electrons. The number of methoxy groups -OCH3 is 3. The number of rotatable bonds is 10. The van der Waals surface area contributed by atoms with Crippen molar-refractivity contribution in [1.29, 1.82) is 0 Å². The smallest absolute Gasteiger partial charge is 0.245 e. The van der Waals surface area contributed by atoms with Crippen molar-refractivity contribution in [2.24, 2.45) is 0 Å². The molecule has 1 aliphatic rings. The minimum Gasteiger partial charge on any atom is -0.479 e. The second-order valence-electron chi connectivity index (χ2n) is 8.01. The van der Waals surface area contributed by atoms with E-state index in [-0.39, 0.29) is 52.9 Å². The molecule has 0 bridgehead atoms. The number of nitrogens with zero attached hydrogens (tertiary/aromatic N) is 7. The molecule has 1 aliphatic carbocycles. The summed E-state index contributed by atoms with van der Waals surface area (Å²) >= 11 is 5.84. The predicted octanol–water partition coefficient (Wildman–Crippen LogP) is 2.38. The quantitative estimate of drug-likeness (QED) is 0.401. The molecule has 2 atom stereocenters. The number of ether oxygens (including phenoxy) is 3. The molecule has 3 aromatic rings. The molecule has 1 N–H and O–H groups in total. The summed E-state index contributed by atoms with van der Waals surface area (Å²) in [5.41, 5.74) is -1.79. The van der Waals surface area contributed by atoms with Gasteiger partial charge in [0.15, 0.2) is 23.0 Å². The van der Waals surface area contributed by atoms with Gasteiger partial charge in [-0.25, -0.2) is 22.8 Å². The number of anilines is 1. The van der Waals surface area contributed by atoms with Gasteiger partial charge in [-0.15, -0.1) is 10.2 Å². The van der Waals surface area contributed by atoms with Crippen LogP contribution in [0.2, 0.25) is 5.02 Å². The molecule has 0 saturated heterocycles. The van der Waals surface area contributed by atoms with E-state index in [0.717, 1.165) is 0 Å². The lowest BCUT2D eigenvalue weighted by Crippen LogP contribution is -2.35. The molecule has 0 aromatic carbocycles. The summed E-state index contributed by atoms with van der Waals surface area (Å²) in [5, 5.41) is 7.01. The molecule has 16 heteroatoms. The van der Waals surface area contributed by atoms with Crippen molar-refractivity contribution in [3.63, 3.8) is 0 Å². The van der Waals surface area contributed by atoms with Crippen LogP contribution in [0.25, 0.3) is 5.69 Å². The zero-order valence-corrected chi connectivity index (χ0v) is 21.4. The maximum absolute atomic E-state index is 15.6. The highest BCUT2D eigenvalue weighted by Crippen LogP contribution is 2.47. The molecule has 4 rings (SSSR count). The molecule has 1 fully saturated rings. The SMILES string of the molecule is COc1ncnc(OC)c1-n1c(NS(=O)(=O)C(C)C(OC)c2ncc(Cl)cn2)nnc1C1(F)CCC1. The van der Waals surface area contributed by atoms with Gasteiger partial charge in [0.1, 0.15) is 17.7 Å². The van der Waals surface area contributed by atoms with Crippen LogP contribution in [0.5, 0.6) is 11.8 Å². The molecular weight excluding hydrogens is 519 g/mol. The van der Waals surface area contributed by atoms with E-state index in [1.807, 2.05) is 0 Å². The second kappa shape index (κ2) is 10.1. The van der Waals surface area contributed by atoms with E-state index in [0.29, 0.717) is 6.42 Å². The lowest BCUT2D eigenvalue weighted by Gasteiger charge is -2.33. The topological polar surface area (TPSA) is 156 Å². The van der Waals surface area contributed by atoms with E-state index in [1.165, 1.54) is 51.5 Å². The molecule has 36 heavy (non-hydrogen) atoms. The van der Waals surface area contributed by atoms with Crippen LogP contribution in [0, 0.1) is 0 Å². The van der Waals surface area contributed by atoms with Gasteiger partial charge in [-0.3, -0.25) is 9.29 Å². The Kier molecular flexibility index (Phi) is 7.24. The van der Waals surface area contributed by atoms with Crippen LogP contribution in [0.15, 0.2) is 18.7 Å². The summed E-state index contributed by atoms with van der Waals surface area (Å²) in [6.45, 7) is 1.41. The Morgan fingerprint density at radius 1 is 1.08 bits per heavy atom. The van der Waals surface area contributed by atoms with Crippen LogP contribution in [-0.2, 0) is 20.4 Å². The summed E-state index contributed by atoms with van der Waals surface area (Å²) in [6, 6.07) is 0. The third-order valence-electron chi connectivity index (χ3n) is 5.87. The number of hydrogen-bond acceptors (Lipinski definition) is 11. The number of hydrogen-bond donors (Lipinski definition) is 1. The molecule has 0 radical (unpaired) electrons. The van der Waals surface area contributed by atoms with Crippen LogP contribution < -0.4 is 14.2 Å². The number of halogens is 2. The zero-order valence-electron chi connectivity index (χ0n) is 19.8. The zero-order chi connectivity index (χ0) is 26.1. The number of sulfonamides is 1. The fourth-order valence-electron chi connectivity index (χ4n) is 3.76. The van der Waals surface area contributed by atoms with Crippen molar-refractivity contribution in [3.8, 4) is 17.4 Å². The van der Waals surface area contributed by atoms with Crippen LogP contribution >= 0.6 is 11.6 Å². The third kappa shape index (κ3) is 4.65. The maximum atomic E-state index is 15.6. The summed E-state index contributed by atoms with van der Waals surface area (Å²) in [6.07, 6.45) is 3.81. The van der Waals surface area contributed by atoms with Gasteiger partial charge >= 0.3 is 0 Å². The van der Waals surface area contributed by atoms with Gasteiger partial charge in [0.25, 0.3) is 0 Å². The molecule has 13 nitrogen and oxygen atoms in total. The first-order valence-corrected chi connectivity index (χ1v) is 12.7. The summed E-state index contributed by atoms with van der Waals surface area (Å²) in [4.78, 5) is 16.2. The monoisotopic (exact) mass is 542 g/mol. The van der Waals surface area contributed by atoms with Gasteiger partial charge in [0.05, 0.1) is 19.2 Å². The van der Waals surface area contributed by atoms with Crippen molar-refractivity contribution in [1.82, 2.24) is 34.7 Å². The van der Waals surface area contributed by atoms with Crippen molar-refractivity contribution in [3.05, 3.63) is 35.4 Å². The largest absolute Gasteiger partial charge is 0.479 e. The Morgan fingerprint density at radius 3 is 2.19 bits per heavy atom. The fraction of sp³-hybridized carbons (Fsp3) is 0.500. The average Bonchev–Trinajstić information content (AvgIpc) is 3.25. The second-order valence-corrected chi connectivity index (χ2v) is 10.5. The predicted molar refractivity (Wildman–Crippen MR) is 125 cm³/mol. The third-order valence-corrected chi connectivity index (χ3v) is 7.76. The van der Waals surface area contributed by atoms with Gasteiger partial charge in [-0.05, 0) is 26.2 Å². The Morgan fingerprint density at radius 2 is 1.69 bits per heavy atom. The van der Waals surface area contributed by atoms with Gasteiger partial charge in [0, 0.05) is 19.5 Å². The number of aromatic nitrogens is 7. The highest BCUT2D eigenvalue weighted by Gasteiger charge is 2.46. The first kappa shape index (κ1) is 25.9. The molecule has 3 aromatic heterocycles. The number of alkyl halides is 1. The van der Waals surface area contributed by atoms with E-state index in [2.05, 4.69) is 34.9 Å². The van der Waals surface area contributed by atoms with Crippen LogP contribution in [0.4, 0.5) is 10.3 Å². The Labute approximate surface area is 211 Å². The van der Waals surface area contributed by atoms with Crippen LogP contribution in [-0.4, -0.2) is 69.7 Å². The first-order valence-electron chi connectivity index (χ1n) is 10.7. The normalized spacial score (nSPS) is 16.6. The van der Waals surface area contributed by atoms with Crippen molar-refractivity contribution < 1.29 is 27.0 Å². The van der Waals surface area contributed by atoms with E-state index >= 15 is 4.39 Å². The van der Waals surface area contributed by atoms with E-state index in [1.54, 1.807) is 0 Å². The minimum atomic E-state index is -4.23. The van der Waals surface area contributed by atoms with E-state index < -0.39 is 27.0 Å². The van der Waals surface area contributed by atoms with E-state index in [4.69, 9.17) is 25.8 Å². The fourth-order valence-corrected chi connectivity index (χ4v) is 4.99. The maximum Gasteiger partial charge on any atom is 0.245 e. The molecule has 0 amide bonds. The molecule has 3 heterocycles. The van der Waals surface area contributed by atoms with Crippen LogP contribution in [0.3, 0.4) is 0 Å². The van der Waals surface area contributed by atoms with E-state index in [9.17, 15) is 8.42 Å². The lowest BCUT2D eigenvalue weighted by molar-refractivity contribution is 0.0486. The van der Waals surface area contributed by atoms with Crippen molar-refractivity contribution >= 4 is 27.6 Å². The highest BCUT2D eigenvalue weighted by atomic mass is 35.5. The molecule has 2 unspecified atom stereocenters. The molecular formula is C20H24ClFN8O5S. The van der Waals surface area contributed by atoms with Gasteiger partial charge < -0.3 is 14.2 Å². The van der Waals surface area contributed by atoms with Crippen molar-refractivity contribution in [2.75, 3.05) is 26.1 Å². The number of nitrogens with one attached hydrogen (secondary N) is 1. The van der Waals surface area contributed by atoms with Gasteiger partial charge in [-0.2, -0.15) is 9.97 Å². The molecule has 1 saturated carbocycles. The lowest BCUT2D eigenvalue weighted by atomic mass is 9.81. The van der Waals surface area contributed by atoms with Gasteiger partial charge in [-0.1, -0.05) is 11.6 Å². The van der Waals surface area contributed by atoms with Crippen molar-refractivity contribution in [2.45, 2.75) is 43.2 Å². The first-order chi connectivity index (χ1) is 17.1. The Bertz CT molecular complexity index is 1310.